The molecule has 3 nitrogen and oxygen atoms in total. The summed E-state index contributed by atoms with van der Waals surface area (Å²) in [6, 6.07) is 3.94. The molecule has 0 radical (unpaired) electrons. The summed E-state index contributed by atoms with van der Waals surface area (Å²) in [5.74, 6) is 0. The summed E-state index contributed by atoms with van der Waals surface area (Å²) in [5, 5.41) is 8.90. The van der Waals surface area contributed by atoms with Gasteiger partial charge in [-0.25, -0.2) is 0 Å². The van der Waals surface area contributed by atoms with E-state index in [-0.39, 0.29) is 23.2 Å². The topological polar surface area (TPSA) is 49.5 Å². The van der Waals surface area contributed by atoms with Crippen LogP contribution in [0.4, 0.5) is 18.9 Å². The van der Waals surface area contributed by atoms with Gasteiger partial charge < -0.3 is 15.7 Å². The lowest BCUT2D eigenvalue weighted by Crippen LogP contribution is -2.32. The maximum absolute atomic E-state index is 13.1. The molecule has 21 heavy (non-hydrogen) atoms. The number of hydrogen-bond donors (Lipinski definition) is 2. The van der Waals surface area contributed by atoms with Crippen molar-refractivity contribution < 1.29 is 18.3 Å². The monoisotopic (exact) mass is 320 g/mol. The van der Waals surface area contributed by atoms with Crippen molar-refractivity contribution in [3.05, 3.63) is 29.3 Å². The molecule has 0 spiro atoms. The van der Waals surface area contributed by atoms with Crippen LogP contribution in [0.1, 0.15) is 31.4 Å². The first-order valence-electron chi connectivity index (χ1n) is 6.57. The molecule has 0 aliphatic carbocycles. The minimum absolute atomic E-state index is 0.00770. The van der Waals surface area contributed by atoms with Crippen LogP contribution in [0.2, 0.25) is 0 Å². The van der Waals surface area contributed by atoms with Crippen molar-refractivity contribution in [2.75, 3.05) is 18.1 Å². The van der Waals surface area contributed by atoms with Crippen LogP contribution in [0.5, 0.6) is 0 Å². The van der Waals surface area contributed by atoms with E-state index in [1.165, 1.54) is 6.07 Å². The van der Waals surface area contributed by atoms with Gasteiger partial charge in [0.05, 0.1) is 5.56 Å². The van der Waals surface area contributed by atoms with Crippen molar-refractivity contribution in [2.24, 2.45) is 5.73 Å². The number of alkyl halides is 3. The molecule has 0 amide bonds. The van der Waals surface area contributed by atoms with Gasteiger partial charge in [0.25, 0.3) is 0 Å². The third-order valence-corrected chi connectivity index (χ3v) is 3.31. The number of aliphatic hydroxyl groups is 1. The van der Waals surface area contributed by atoms with Crippen molar-refractivity contribution in [3.8, 4) is 0 Å². The molecule has 0 fully saturated rings. The lowest BCUT2D eigenvalue weighted by molar-refractivity contribution is -0.137. The number of anilines is 1. The van der Waals surface area contributed by atoms with Gasteiger partial charge in [-0.05, 0) is 38.5 Å². The number of hydrogen-bond acceptors (Lipinski definition) is 3. The minimum atomic E-state index is -4.52. The third-order valence-electron chi connectivity index (χ3n) is 3.09. The molecule has 1 aromatic rings. The first-order chi connectivity index (χ1) is 9.68. The average Bonchev–Trinajstić information content (AvgIpc) is 2.37. The SMILES string of the molecule is CC(C)N(CCCO)c1ccc(C(N)=S)c(C(F)(F)F)c1. The van der Waals surface area contributed by atoms with Gasteiger partial charge in [-0.15, -0.1) is 0 Å². The summed E-state index contributed by atoms with van der Waals surface area (Å²) >= 11 is 4.68. The Bertz CT molecular complexity index is 503. The summed E-state index contributed by atoms with van der Waals surface area (Å²) in [5.41, 5.74) is 4.79. The highest BCUT2D eigenvalue weighted by Gasteiger charge is 2.34. The van der Waals surface area contributed by atoms with E-state index >= 15 is 0 Å². The maximum Gasteiger partial charge on any atom is 0.417 e. The van der Waals surface area contributed by atoms with Crippen molar-refractivity contribution in [1.29, 1.82) is 0 Å². The molecule has 0 heterocycles. The second kappa shape index (κ2) is 7.09. The fourth-order valence-corrected chi connectivity index (χ4v) is 2.26. The van der Waals surface area contributed by atoms with Gasteiger partial charge in [0.2, 0.25) is 0 Å². The molecule has 0 aliphatic heterocycles. The summed E-state index contributed by atoms with van der Waals surface area (Å²) < 4.78 is 39.4. The van der Waals surface area contributed by atoms with Crippen LogP contribution in [-0.4, -0.2) is 29.3 Å². The lowest BCUT2D eigenvalue weighted by Gasteiger charge is -2.30. The van der Waals surface area contributed by atoms with Crippen LogP contribution < -0.4 is 10.6 Å². The largest absolute Gasteiger partial charge is 0.417 e. The molecule has 3 N–H and O–H groups in total. The molecule has 0 saturated heterocycles. The second-order valence-electron chi connectivity index (χ2n) is 4.96. The molecule has 0 aromatic heterocycles. The van der Waals surface area contributed by atoms with Gasteiger partial charge in [0.15, 0.2) is 0 Å². The summed E-state index contributed by atoms with van der Waals surface area (Å²) in [7, 11) is 0. The number of aliphatic hydroxyl groups excluding tert-OH is 1. The smallest absolute Gasteiger partial charge is 0.396 e. The Morgan fingerprint density at radius 3 is 2.43 bits per heavy atom. The van der Waals surface area contributed by atoms with Gasteiger partial charge in [-0.2, -0.15) is 13.2 Å². The molecule has 7 heteroatoms. The van der Waals surface area contributed by atoms with Crippen LogP contribution in [0, 0.1) is 0 Å². The van der Waals surface area contributed by atoms with Crippen molar-refractivity contribution in [3.63, 3.8) is 0 Å². The fraction of sp³-hybridized carbons (Fsp3) is 0.500. The van der Waals surface area contributed by atoms with Crippen LogP contribution in [-0.2, 0) is 6.18 Å². The Balaban J connectivity index is 3.28. The van der Waals surface area contributed by atoms with Crippen LogP contribution in [0.15, 0.2) is 18.2 Å². The van der Waals surface area contributed by atoms with Crippen LogP contribution in [0.25, 0.3) is 0 Å². The first-order valence-corrected chi connectivity index (χ1v) is 6.97. The zero-order valence-electron chi connectivity index (χ0n) is 11.9. The Morgan fingerprint density at radius 1 is 1.38 bits per heavy atom. The number of halogens is 3. The van der Waals surface area contributed by atoms with Crippen LogP contribution >= 0.6 is 12.2 Å². The standard InChI is InChI=1S/C14H19F3N2OS/c1-9(2)19(6-3-7-20)10-4-5-11(13(18)21)12(8-10)14(15,16)17/h4-5,8-9,20H,3,6-7H2,1-2H3,(H2,18,21). The molecular formula is C14H19F3N2OS. The molecule has 0 unspecified atom stereocenters. The van der Waals surface area contributed by atoms with Crippen molar-refractivity contribution in [1.82, 2.24) is 0 Å². The number of thiocarbonyl (C=S) groups is 1. The van der Waals surface area contributed by atoms with E-state index in [2.05, 4.69) is 12.2 Å². The van der Waals surface area contributed by atoms with E-state index in [0.29, 0.717) is 18.7 Å². The second-order valence-corrected chi connectivity index (χ2v) is 5.40. The minimum Gasteiger partial charge on any atom is -0.396 e. The number of nitrogens with two attached hydrogens (primary N) is 1. The lowest BCUT2D eigenvalue weighted by atomic mass is 10.0. The fourth-order valence-electron chi connectivity index (χ4n) is 2.09. The number of benzene rings is 1. The van der Waals surface area contributed by atoms with E-state index in [1.54, 1.807) is 11.0 Å². The number of rotatable bonds is 6. The predicted molar refractivity (Wildman–Crippen MR) is 81.5 cm³/mol. The normalized spacial score (nSPS) is 11.8. The Labute approximate surface area is 127 Å². The highest BCUT2D eigenvalue weighted by molar-refractivity contribution is 7.80. The van der Waals surface area contributed by atoms with E-state index in [4.69, 9.17) is 10.8 Å². The zero-order chi connectivity index (χ0) is 16.2. The van der Waals surface area contributed by atoms with Crippen molar-refractivity contribution >= 4 is 22.9 Å². The Kier molecular flexibility index (Phi) is 5.98. The van der Waals surface area contributed by atoms with Gasteiger partial charge in [0.1, 0.15) is 4.99 Å². The van der Waals surface area contributed by atoms with E-state index in [0.717, 1.165) is 6.07 Å². The molecular weight excluding hydrogens is 301 g/mol. The van der Waals surface area contributed by atoms with E-state index < -0.39 is 11.7 Å². The zero-order valence-corrected chi connectivity index (χ0v) is 12.8. The third kappa shape index (κ3) is 4.57. The Morgan fingerprint density at radius 2 is 2.00 bits per heavy atom. The molecule has 1 rings (SSSR count). The van der Waals surface area contributed by atoms with Gasteiger partial charge in [-0.1, -0.05) is 12.2 Å². The van der Waals surface area contributed by atoms with Gasteiger partial charge >= 0.3 is 6.18 Å². The highest BCUT2D eigenvalue weighted by atomic mass is 32.1. The molecule has 118 valence electrons. The first kappa shape index (κ1) is 17.7. The Hall–Kier alpha value is -1.34. The number of nitrogens with zero attached hydrogens (tertiary/aromatic N) is 1. The maximum atomic E-state index is 13.1. The molecule has 1 aromatic carbocycles. The molecule has 0 bridgehead atoms. The highest BCUT2D eigenvalue weighted by Crippen LogP contribution is 2.35. The van der Waals surface area contributed by atoms with Gasteiger partial charge in [0, 0.05) is 30.4 Å². The summed E-state index contributed by atoms with van der Waals surface area (Å²) in [4.78, 5) is 1.52. The van der Waals surface area contributed by atoms with Crippen molar-refractivity contribution in [2.45, 2.75) is 32.5 Å². The van der Waals surface area contributed by atoms with E-state index in [9.17, 15) is 13.2 Å². The van der Waals surface area contributed by atoms with E-state index in [1.807, 2.05) is 13.8 Å². The molecule has 0 saturated carbocycles. The molecule has 0 aliphatic rings. The average molecular weight is 320 g/mol. The summed E-state index contributed by atoms with van der Waals surface area (Å²) in [6.07, 6.45) is -4.04. The van der Waals surface area contributed by atoms with Crippen LogP contribution in [0.3, 0.4) is 0 Å². The quantitative estimate of drug-likeness (QED) is 0.791. The van der Waals surface area contributed by atoms with Gasteiger partial charge in [-0.3, -0.25) is 0 Å². The molecule has 0 atom stereocenters. The summed E-state index contributed by atoms with van der Waals surface area (Å²) in [6.45, 7) is 4.22. The predicted octanol–water partition coefficient (Wildman–Crippen LogP) is 2.94.